The molecule has 2 rings (SSSR count). The molecule has 0 aliphatic carbocycles. The molecule has 0 atom stereocenters. The van der Waals surface area contributed by atoms with Crippen LogP contribution >= 0.6 is 15.9 Å². The van der Waals surface area contributed by atoms with Crippen LogP contribution in [0.15, 0.2) is 52.0 Å². The Labute approximate surface area is 153 Å². The Balaban J connectivity index is 2.08. The number of nitrogens with one attached hydrogen (secondary N) is 1. The molecule has 0 fully saturated rings. The molecule has 7 nitrogen and oxygen atoms in total. The van der Waals surface area contributed by atoms with Gasteiger partial charge in [-0.1, -0.05) is 28.1 Å². The van der Waals surface area contributed by atoms with E-state index in [9.17, 15) is 14.9 Å². The van der Waals surface area contributed by atoms with Crippen molar-refractivity contribution in [1.82, 2.24) is 5.43 Å². The van der Waals surface area contributed by atoms with Crippen molar-refractivity contribution in [3.8, 4) is 5.75 Å². The number of hydrogen-bond acceptors (Lipinski definition) is 5. The monoisotopic (exact) mass is 405 g/mol. The highest BCUT2D eigenvalue weighted by molar-refractivity contribution is 9.10. The first-order chi connectivity index (χ1) is 11.9. The third kappa shape index (κ3) is 5.12. The zero-order valence-corrected chi connectivity index (χ0v) is 15.2. The molecule has 0 bridgehead atoms. The second kappa shape index (κ2) is 8.39. The van der Waals surface area contributed by atoms with Crippen molar-refractivity contribution in [2.45, 2.75) is 13.3 Å². The quantitative estimate of drug-likeness (QED) is 0.452. The Morgan fingerprint density at radius 2 is 1.96 bits per heavy atom. The summed E-state index contributed by atoms with van der Waals surface area (Å²) in [7, 11) is 1.37. The minimum atomic E-state index is -0.526. The third-order valence-electron chi connectivity index (χ3n) is 3.42. The largest absolute Gasteiger partial charge is 0.490 e. The molecule has 1 N–H and O–H groups in total. The van der Waals surface area contributed by atoms with E-state index >= 15 is 0 Å². The minimum Gasteiger partial charge on any atom is -0.490 e. The molecule has 8 heteroatoms. The molecule has 0 unspecified atom stereocenters. The van der Waals surface area contributed by atoms with Gasteiger partial charge in [0.05, 0.1) is 24.2 Å². The van der Waals surface area contributed by atoms with E-state index in [4.69, 9.17) is 4.74 Å². The van der Waals surface area contributed by atoms with E-state index in [-0.39, 0.29) is 23.8 Å². The van der Waals surface area contributed by atoms with E-state index in [1.165, 1.54) is 19.2 Å². The van der Waals surface area contributed by atoms with Crippen LogP contribution in [0.3, 0.4) is 0 Å². The maximum atomic E-state index is 12.0. The van der Waals surface area contributed by atoms with Crippen LogP contribution in [-0.2, 0) is 11.2 Å². The average molecular weight is 406 g/mol. The Bertz CT molecular complexity index is 819. The van der Waals surface area contributed by atoms with E-state index in [0.717, 1.165) is 10.0 Å². The second-order valence-electron chi connectivity index (χ2n) is 5.18. The van der Waals surface area contributed by atoms with Gasteiger partial charge in [0.15, 0.2) is 5.75 Å². The molecule has 0 radical (unpaired) electrons. The summed E-state index contributed by atoms with van der Waals surface area (Å²) in [5, 5.41) is 15.1. The van der Waals surface area contributed by atoms with Gasteiger partial charge >= 0.3 is 5.69 Å². The van der Waals surface area contributed by atoms with Gasteiger partial charge in [-0.25, -0.2) is 5.43 Å². The molecule has 0 aliphatic heterocycles. The van der Waals surface area contributed by atoms with Gasteiger partial charge in [-0.15, -0.1) is 0 Å². The highest BCUT2D eigenvalue weighted by Gasteiger charge is 2.16. The molecular weight excluding hydrogens is 390 g/mol. The highest BCUT2D eigenvalue weighted by atomic mass is 79.9. The number of amides is 1. The van der Waals surface area contributed by atoms with E-state index < -0.39 is 4.92 Å². The third-order valence-corrected chi connectivity index (χ3v) is 3.95. The van der Waals surface area contributed by atoms with Gasteiger partial charge < -0.3 is 4.74 Å². The summed E-state index contributed by atoms with van der Waals surface area (Å²) in [6.07, 6.45) is 0.187. The fourth-order valence-electron chi connectivity index (χ4n) is 2.10. The number of nitro benzene ring substituents is 1. The number of nitro groups is 1. The first-order valence-corrected chi connectivity index (χ1v) is 8.10. The van der Waals surface area contributed by atoms with Crippen LogP contribution in [0.4, 0.5) is 5.69 Å². The van der Waals surface area contributed by atoms with Gasteiger partial charge in [0, 0.05) is 16.1 Å². The zero-order valence-electron chi connectivity index (χ0n) is 13.7. The predicted molar refractivity (Wildman–Crippen MR) is 97.8 cm³/mol. The van der Waals surface area contributed by atoms with Crippen LogP contribution in [0.2, 0.25) is 0 Å². The first kappa shape index (κ1) is 18.6. The molecule has 25 heavy (non-hydrogen) atoms. The van der Waals surface area contributed by atoms with Crippen LogP contribution in [0.25, 0.3) is 0 Å². The van der Waals surface area contributed by atoms with Crippen molar-refractivity contribution in [2.24, 2.45) is 5.10 Å². The lowest BCUT2D eigenvalue weighted by Crippen LogP contribution is -2.21. The lowest BCUT2D eigenvalue weighted by molar-refractivity contribution is -0.385. The molecule has 2 aromatic rings. The molecule has 130 valence electrons. The van der Waals surface area contributed by atoms with Crippen molar-refractivity contribution < 1.29 is 14.5 Å². The Hall–Kier alpha value is -2.74. The number of halogens is 1. The van der Waals surface area contributed by atoms with Crippen molar-refractivity contribution in [2.75, 3.05) is 7.11 Å². The number of methoxy groups -OCH3 is 1. The molecule has 0 saturated carbocycles. The number of hydrazone groups is 1. The number of benzene rings is 2. The van der Waals surface area contributed by atoms with Gasteiger partial charge in [-0.05, 0) is 36.8 Å². The van der Waals surface area contributed by atoms with Crippen LogP contribution in [0.1, 0.15) is 18.1 Å². The zero-order chi connectivity index (χ0) is 18.4. The number of hydrogen-bond donors (Lipinski definition) is 1. The van der Waals surface area contributed by atoms with E-state index in [1.54, 1.807) is 13.0 Å². The lowest BCUT2D eigenvalue weighted by atomic mass is 10.1. The highest BCUT2D eigenvalue weighted by Crippen LogP contribution is 2.27. The molecular formula is C17H16BrN3O4. The molecule has 1 amide bonds. The number of carbonyl (C=O) groups is 1. The molecule has 0 heterocycles. The number of nitrogens with zero attached hydrogens (tertiary/aromatic N) is 2. The maximum Gasteiger partial charge on any atom is 0.311 e. The minimum absolute atomic E-state index is 0.157. The van der Waals surface area contributed by atoms with Crippen molar-refractivity contribution in [3.05, 3.63) is 68.2 Å². The van der Waals surface area contributed by atoms with Crippen LogP contribution in [-0.4, -0.2) is 23.7 Å². The average Bonchev–Trinajstić information content (AvgIpc) is 2.61. The van der Waals surface area contributed by atoms with Crippen molar-refractivity contribution >= 4 is 33.2 Å². The fraction of sp³-hybridized carbons (Fsp3) is 0.176. The summed E-state index contributed by atoms with van der Waals surface area (Å²) in [5.41, 5.74) is 4.13. The Kier molecular flexibility index (Phi) is 6.24. The van der Waals surface area contributed by atoms with Crippen molar-refractivity contribution in [3.63, 3.8) is 0 Å². The van der Waals surface area contributed by atoms with Gasteiger partial charge in [-0.2, -0.15) is 5.10 Å². The maximum absolute atomic E-state index is 12.0. The summed E-state index contributed by atoms with van der Waals surface area (Å²) in [6, 6.07) is 11.9. The molecule has 0 aromatic heterocycles. The van der Waals surface area contributed by atoms with E-state index in [1.807, 2.05) is 24.3 Å². The summed E-state index contributed by atoms with van der Waals surface area (Å²) in [4.78, 5) is 22.5. The van der Waals surface area contributed by atoms with Crippen molar-refractivity contribution in [1.29, 1.82) is 0 Å². The number of rotatable bonds is 6. The summed E-state index contributed by atoms with van der Waals surface area (Å²) in [6.45, 7) is 1.66. The first-order valence-electron chi connectivity index (χ1n) is 7.31. The van der Waals surface area contributed by atoms with Gasteiger partial charge in [-0.3, -0.25) is 14.9 Å². The predicted octanol–water partition coefficient (Wildman–Crippen LogP) is 3.45. The topological polar surface area (TPSA) is 93.8 Å². The second-order valence-corrected chi connectivity index (χ2v) is 6.09. The van der Waals surface area contributed by atoms with Crippen LogP contribution < -0.4 is 10.2 Å². The summed E-state index contributed by atoms with van der Waals surface area (Å²) >= 11 is 3.33. The Morgan fingerprint density at radius 3 is 2.56 bits per heavy atom. The van der Waals surface area contributed by atoms with Crippen LogP contribution in [0.5, 0.6) is 5.75 Å². The summed E-state index contributed by atoms with van der Waals surface area (Å²) < 4.78 is 5.90. The standard InChI is InChI=1S/C17H16BrN3O4/c1-11(13-5-8-16(25-2)15(10-13)21(23)24)19-20-17(22)9-12-3-6-14(18)7-4-12/h3-8,10H,9H2,1-2H3,(H,20,22)/b19-11+. The molecule has 0 saturated heterocycles. The number of ether oxygens (including phenoxy) is 1. The molecule has 0 aliphatic rings. The SMILES string of the molecule is COc1ccc(/C(C)=N/NC(=O)Cc2ccc(Br)cc2)cc1[N+](=O)[O-]. The lowest BCUT2D eigenvalue weighted by Gasteiger charge is -2.06. The fourth-order valence-corrected chi connectivity index (χ4v) is 2.36. The number of carbonyl (C=O) groups excluding carboxylic acids is 1. The normalized spacial score (nSPS) is 11.1. The van der Waals surface area contributed by atoms with E-state index in [0.29, 0.717) is 11.3 Å². The van der Waals surface area contributed by atoms with Gasteiger partial charge in [0.25, 0.3) is 0 Å². The van der Waals surface area contributed by atoms with E-state index in [2.05, 4.69) is 26.5 Å². The van der Waals surface area contributed by atoms with Crippen LogP contribution in [0, 0.1) is 10.1 Å². The smallest absolute Gasteiger partial charge is 0.311 e. The van der Waals surface area contributed by atoms with Gasteiger partial charge in [0.2, 0.25) is 5.91 Å². The Morgan fingerprint density at radius 1 is 1.28 bits per heavy atom. The molecule has 0 spiro atoms. The van der Waals surface area contributed by atoms with Gasteiger partial charge in [0.1, 0.15) is 0 Å². The molecule has 2 aromatic carbocycles. The summed E-state index contributed by atoms with van der Waals surface area (Å²) in [5.74, 6) is -0.106.